The lowest BCUT2D eigenvalue weighted by Gasteiger charge is -2.13. The van der Waals surface area contributed by atoms with Crippen LogP contribution in [0.3, 0.4) is 0 Å². The summed E-state index contributed by atoms with van der Waals surface area (Å²) in [7, 11) is 0. The molecule has 6 heteroatoms. The van der Waals surface area contributed by atoms with Crippen molar-refractivity contribution in [2.45, 2.75) is 13.8 Å². The number of rotatable bonds is 4. The molecule has 124 valence electrons. The molecule has 0 aliphatic rings. The first-order chi connectivity index (χ1) is 11.5. The van der Waals surface area contributed by atoms with Gasteiger partial charge in [-0.05, 0) is 49.8 Å². The van der Waals surface area contributed by atoms with Crippen LogP contribution in [0.4, 0.5) is 5.69 Å². The molecule has 0 fully saturated rings. The molecule has 2 rings (SSSR count). The van der Waals surface area contributed by atoms with Crippen molar-refractivity contribution in [3.63, 3.8) is 0 Å². The number of para-hydroxylation sites is 1. The van der Waals surface area contributed by atoms with E-state index in [2.05, 4.69) is 16.0 Å². The molecule has 0 aliphatic heterocycles. The van der Waals surface area contributed by atoms with Gasteiger partial charge in [-0.1, -0.05) is 30.3 Å². The highest BCUT2D eigenvalue weighted by molar-refractivity contribution is 7.80. The molecule has 0 aliphatic carbocycles. The first-order valence-corrected chi connectivity index (χ1v) is 7.99. The Kier molecular flexibility index (Phi) is 6.03. The summed E-state index contributed by atoms with van der Waals surface area (Å²) in [5.74, 6) is -0.491. The smallest absolute Gasteiger partial charge is 0.257 e. The molecular formula is C18H19N3O2S. The third kappa shape index (κ3) is 4.39. The Hall–Kier alpha value is -2.73. The SMILES string of the molecule is CCNC(=O)c1ccccc1NC(=S)NC(=O)c1ccccc1C. The highest BCUT2D eigenvalue weighted by Crippen LogP contribution is 2.15. The number of carbonyl (C=O) groups excluding carboxylic acids is 2. The van der Waals surface area contributed by atoms with Crippen LogP contribution in [0.5, 0.6) is 0 Å². The largest absolute Gasteiger partial charge is 0.352 e. The minimum absolute atomic E-state index is 0.139. The average molecular weight is 341 g/mol. The van der Waals surface area contributed by atoms with Gasteiger partial charge in [0.15, 0.2) is 5.11 Å². The number of carbonyl (C=O) groups is 2. The fraction of sp³-hybridized carbons (Fsp3) is 0.167. The van der Waals surface area contributed by atoms with Crippen molar-refractivity contribution >= 4 is 34.8 Å². The van der Waals surface area contributed by atoms with Crippen LogP contribution in [0, 0.1) is 6.92 Å². The van der Waals surface area contributed by atoms with Crippen LogP contribution in [0.25, 0.3) is 0 Å². The minimum Gasteiger partial charge on any atom is -0.352 e. The molecule has 0 unspecified atom stereocenters. The molecule has 3 N–H and O–H groups in total. The zero-order valence-corrected chi connectivity index (χ0v) is 14.4. The second kappa shape index (κ2) is 8.21. The predicted molar refractivity (Wildman–Crippen MR) is 99.3 cm³/mol. The highest BCUT2D eigenvalue weighted by atomic mass is 32.1. The molecular weight excluding hydrogens is 322 g/mol. The van der Waals surface area contributed by atoms with E-state index in [9.17, 15) is 9.59 Å². The van der Waals surface area contributed by atoms with E-state index in [0.717, 1.165) is 5.56 Å². The van der Waals surface area contributed by atoms with E-state index >= 15 is 0 Å². The maximum Gasteiger partial charge on any atom is 0.257 e. The molecule has 2 aromatic carbocycles. The second-order valence-electron chi connectivity index (χ2n) is 5.13. The summed E-state index contributed by atoms with van der Waals surface area (Å²) in [6.45, 7) is 4.23. The van der Waals surface area contributed by atoms with Gasteiger partial charge in [-0.15, -0.1) is 0 Å². The van der Waals surface area contributed by atoms with Gasteiger partial charge in [-0.25, -0.2) is 0 Å². The summed E-state index contributed by atoms with van der Waals surface area (Å²) in [6.07, 6.45) is 0. The first kappa shape index (κ1) is 17.6. The molecule has 0 spiro atoms. The zero-order chi connectivity index (χ0) is 17.5. The van der Waals surface area contributed by atoms with Crippen molar-refractivity contribution in [2.75, 3.05) is 11.9 Å². The number of hydrogen-bond acceptors (Lipinski definition) is 3. The lowest BCUT2D eigenvalue weighted by atomic mass is 10.1. The van der Waals surface area contributed by atoms with Gasteiger partial charge in [-0.2, -0.15) is 0 Å². The monoisotopic (exact) mass is 341 g/mol. The summed E-state index contributed by atoms with van der Waals surface area (Å²) in [5.41, 5.74) is 2.42. The van der Waals surface area contributed by atoms with Crippen LogP contribution < -0.4 is 16.0 Å². The van der Waals surface area contributed by atoms with E-state index in [1.165, 1.54) is 0 Å². The molecule has 2 amide bonds. The fourth-order valence-electron chi connectivity index (χ4n) is 2.20. The van der Waals surface area contributed by atoms with Crippen LogP contribution >= 0.6 is 12.2 Å². The van der Waals surface area contributed by atoms with Crippen LogP contribution in [-0.4, -0.2) is 23.5 Å². The number of anilines is 1. The molecule has 0 atom stereocenters. The standard InChI is InChI=1S/C18H19N3O2S/c1-3-19-16(22)14-10-6-7-11-15(14)20-18(24)21-17(23)13-9-5-4-8-12(13)2/h4-11H,3H2,1-2H3,(H,19,22)(H2,20,21,23,24). The number of amides is 2. The Morgan fingerprint density at radius 2 is 1.58 bits per heavy atom. The third-order valence-corrected chi connectivity index (χ3v) is 3.58. The normalized spacial score (nSPS) is 9.92. The van der Waals surface area contributed by atoms with Crippen molar-refractivity contribution in [3.05, 3.63) is 65.2 Å². The maximum absolute atomic E-state index is 12.3. The lowest BCUT2D eigenvalue weighted by Crippen LogP contribution is -2.35. The van der Waals surface area contributed by atoms with Crippen LogP contribution in [0.1, 0.15) is 33.2 Å². The Morgan fingerprint density at radius 1 is 0.958 bits per heavy atom. The van der Waals surface area contributed by atoms with E-state index < -0.39 is 0 Å². The van der Waals surface area contributed by atoms with E-state index in [0.29, 0.717) is 23.4 Å². The van der Waals surface area contributed by atoms with E-state index in [1.54, 1.807) is 36.4 Å². The summed E-state index contributed by atoms with van der Waals surface area (Å²) in [4.78, 5) is 24.3. The predicted octanol–water partition coefficient (Wildman–Crippen LogP) is 2.87. The molecule has 5 nitrogen and oxygen atoms in total. The zero-order valence-electron chi connectivity index (χ0n) is 13.6. The Balaban J connectivity index is 2.09. The minimum atomic E-state index is -0.291. The van der Waals surface area contributed by atoms with Crippen LogP contribution in [0.15, 0.2) is 48.5 Å². The van der Waals surface area contributed by atoms with Gasteiger partial charge in [-0.3, -0.25) is 14.9 Å². The van der Waals surface area contributed by atoms with Gasteiger partial charge in [0.2, 0.25) is 0 Å². The maximum atomic E-state index is 12.3. The van der Waals surface area contributed by atoms with Crippen molar-refractivity contribution in [1.29, 1.82) is 0 Å². The number of hydrogen-bond donors (Lipinski definition) is 3. The van der Waals surface area contributed by atoms with Crippen molar-refractivity contribution in [1.82, 2.24) is 10.6 Å². The molecule has 0 heterocycles. The quantitative estimate of drug-likeness (QED) is 0.748. The average Bonchev–Trinajstić information content (AvgIpc) is 2.55. The molecule has 0 radical (unpaired) electrons. The number of benzene rings is 2. The molecule has 24 heavy (non-hydrogen) atoms. The number of aryl methyl sites for hydroxylation is 1. The number of thiocarbonyl (C=S) groups is 1. The Morgan fingerprint density at radius 3 is 2.25 bits per heavy atom. The van der Waals surface area contributed by atoms with Gasteiger partial charge < -0.3 is 10.6 Å². The van der Waals surface area contributed by atoms with Gasteiger partial charge in [0.25, 0.3) is 11.8 Å². The molecule has 2 aromatic rings. The van der Waals surface area contributed by atoms with Crippen molar-refractivity contribution in [2.24, 2.45) is 0 Å². The van der Waals surface area contributed by atoms with E-state index in [-0.39, 0.29) is 16.9 Å². The topological polar surface area (TPSA) is 70.2 Å². The molecule has 0 bridgehead atoms. The summed E-state index contributed by atoms with van der Waals surface area (Å²) >= 11 is 5.19. The van der Waals surface area contributed by atoms with Crippen molar-refractivity contribution < 1.29 is 9.59 Å². The molecule has 0 aromatic heterocycles. The highest BCUT2D eigenvalue weighted by Gasteiger charge is 2.13. The van der Waals surface area contributed by atoms with E-state index in [1.807, 2.05) is 26.0 Å². The van der Waals surface area contributed by atoms with E-state index in [4.69, 9.17) is 12.2 Å². The van der Waals surface area contributed by atoms with Gasteiger partial charge in [0, 0.05) is 12.1 Å². The molecule has 0 saturated heterocycles. The van der Waals surface area contributed by atoms with Crippen LogP contribution in [-0.2, 0) is 0 Å². The first-order valence-electron chi connectivity index (χ1n) is 7.58. The summed E-state index contributed by atoms with van der Waals surface area (Å²) in [6, 6.07) is 14.2. The third-order valence-electron chi connectivity index (χ3n) is 3.37. The summed E-state index contributed by atoms with van der Waals surface area (Å²) < 4.78 is 0. The second-order valence-corrected chi connectivity index (χ2v) is 5.54. The number of nitrogens with one attached hydrogen (secondary N) is 3. The van der Waals surface area contributed by atoms with Gasteiger partial charge in [0.1, 0.15) is 0 Å². The summed E-state index contributed by atoms with van der Waals surface area (Å²) in [5, 5.41) is 8.42. The Labute approximate surface area is 146 Å². The molecule has 0 saturated carbocycles. The fourth-order valence-corrected chi connectivity index (χ4v) is 2.40. The lowest BCUT2D eigenvalue weighted by molar-refractivity contribution is 0.0954. The van der Waals surface area contributed by atoms with Crippen LogP contribution in [0.2, 0.25) is 0 Å². The van der Waals surface area contributed by atoms with Gasteiger partial charge in [0.05, 0.1) is 11.3 Å². The van der Waals surface area contributed by atoms with Crippen molar-refractivity contribution in [3.8, 4) is 0 Å². The van der Waals surface area contributed by atoms with Gasteiger partial charge >= 0.3 is 0 Å². The Bertz CT molecular complexity index is 774.